The molecule has 0 bridgehead atoms. The van der Waals surface area contributed by atoms with Gasteiger partial charge in [0.2, 0.25) is 0 Å². The number of nitrogens with zero attached hydrogens (tertiary/aromatic N) is 2. The van der Waals surface area contributed by atoms with Crippen LogP contribution in [0.1, 0.15) is 11.1 Å². The molecule has 130 valence electrons. The lowest BCUT2D eigenvalue weighted by atomic mass is 10.0. The molecule has 2 N–H and O–H groups in total. The molecular weight excluding hydrogens is 332 g/mol. The van der Waals surface area contributed by atoms with Crippen molar-refractivity contribution >= 4 is 12.2 Å². The number of allylic oxidation sites excluding steroid dienone is 2. The molecule has 0 radical (unpaired) electrons. The Bertz CT molecular complexity index is 963. The number of aromatic hydroxyl groups is 2. The summed E-state index contributed by atoms with van der Waals surface area (Å²) in [6.45, 7) is 0. The monoisotopic (exact) mass is 348 g/mol. The molecule has 2 aromatic rings. The standard InChI is InChI=1S/C20H16N2O4/c1-25-19-6-4-14(10-20(19)26-2)8-16(12-22)15(11-21)7-13-3-5-17(23)18(24)9-13/h3-10,23-24H,1-2H3/b15-7+,16-8+. The van der Waals surface area contributed by atoms with Crippen molar-refractivity contribution in [3.63, 3.8) is 0 Å². The second-order valence-electron chi connectivity index (χ2n) is 5.20. The molecule has 0 amide bonds. The molecule has 6 nitrogen and oxygen atoms in total. The Labute approximate surface area is 151 Å². The first kappa shape index (κ1) is 18.4. The second-order valence-corrected chi connectivity index (χ2v) is 5.20. The van der Waals surface area contributed by atoms with Crippen molar-refractivity contribution in [3.05, 3.63) is 58.7 Å². The van der Waals surface area contributed by atoms with E-state index < -0.39 is 0 Å². The summed E-state index contributed by atoms with van der Waals surface area (Å²) in [4.78, 5) is 0. The molecular formula is C20H16N2O4. The van der Waals surface area contributed by atoms with Crippen molar-refractivity contribution in [2.45, 2.75) is 0 Å². The van der Waals surface area contributed by atoms with E-state index in [1.807, 2.05) is 12.1 Å². The van der Waals surface area contributed by atoms with Gasteiger partial charge in [0, 0.05) is 0 Å². The van der Waals surface area contributed by atoms with Gasteiger partial charge in [0.25, 0.3) is 0 Å². The predicted octanol–water partition coefficient (Wildman–Crippen LogP) is 3.63. The number of ether oxygens (including phenoxy) is 2. The Balaban J connectivity index is 2.46. The van der Waals surface area contributed by atoms with Crippen molar-refractivity contribution < 1.29 is 19.7 Å². The first-order valence-electron chi connectivity index (χ1n) is 7.50. The summed E-state index contributed by atoms with van der Waals surface area (Å²) in [6.07, 6.45) is 3.01. The summed E-state index contributed by atoms with van der Waals surface area (Å²) in [5, 5.41) is 37.8. The lowest BCUT2D eigenvalue weighted by Crippen LogP contribution is -1.91. The minimum atomic E-state index is -0.307. The largest absolute Gasteiger partial charge is 0.504 e. The molecule has 0 spiro atoms. The highest BCUT2D eigenvalue weighted by Crippen LogP contribution is 2.30. The van der Waals surface area contributed by atoms with Crippen LogP contribution in [0.2, 0.25) is 0 Å². The third kappa shape index (κ3) is 4.14. The second kappa shape index (κ2) is 8.27. The zero-order chi connectivity index (χ0) is 19.1. The zero-order valence-electron chi connectivity index (χ0n) is 14.2. The summed E-state index contributed by atoms with van der Waals surface area (Å²) in [6, 6.07) is 13.2. The average molecular weight is 348 g/mol. The lowest BCUT2D eigenvalue weighted by Gasteiger charge is -2.08. The van der Waals surface area contributed by atoms with Crippen LogP contribution in [-0.2, 0) is 0 Å². The Morgan fingerprint density at radius 2 is 1.35 bits per heavy atom. The molecule has 0 saturated carbocycles. The van der Waals surface area contributed by atoms with E-state index in [0.717, 1.165) is 0 Å². The van der Waals surface area contributed by atoms with Gasteiger partial charge < -0.3 is 19.7 Å². The van der Waals surface area contributed by atoms with E-state index >= 15 is 0 Å². The van der Waals surface area contributed by atoms with Gasteiger partial charge in [-0.25, -0.2) is 0 Å². The van der Waals surface area contributed by atoms with Gasteiger partial charge in [-0.2, -0.15) is 10.5 Å². The van der Waals surface area contributed by atoms with E-state index in [9.17, 15) is 20.7 Å². The molecule has 0 atom stereocenters. The van der Waals surface area contributed by atoms with E-state index in [-0.39, 0.29) is 22.6 Å². The molecule has 6 heteroatoms. The number of nitriles is 2. The Hall–Kier alpha value is -3.90. The van der Waals surface area contributed by atoms with Crippen LogP contribution in [0.15, 0.2) is 47.5 Å². The summed E-state index contributed by atoms with van der Waals surface area (Å²) in [5.74, 6) is 0.490. The normalized spacial score (nSPS) is 11.4. The molecule has 26 heavy (non-hydrogen) atoms. The number of methoxy groups -OCH3 is 2. The number of phenolic OH excluding ortho intramolecular Hbond substituents is 2. The number of rotatable bonds is 5. The van der Waals surface area contributed by atoms with Crippen LogP contribution in [0.25, 0.3) is 12.2 Å². The fourth-order valence-electron chi connectivity index (χ4n) is 2.25. The van der Waals surface area contributed by atoms with Crippen molar-refractivity contribution in [2.24, 2.45) is 0 Å². The average Bonchev–Trinajstić information content (AvgIpc) is 2.66. The number of hydrogen-bond donors (Lipinski definition) is 2. The van der Waals surface area contributed by atoms with Crippen LogP contribution < -0.4 is 9.47 Å². The van der Waals surface area contributed by atoms with Crippen molar-refractivity contribution in [3.8, 4) is 35.1 Å². The summed E-state index contributed by atoms with van der Waals surface area (Å²) >= 11 is 0. The Morgan fingerprint density at radius 1 is 0.808 bits per heavy atom. The molecule has 0 aliphatic carbocycles. The van der Waals surface area contributed by atoms with Gasteiger partial charge in [0.1, 0.15) is 12.1 Å². The topological polar surface area (TPSA) is 106 Å². The molecule has 0 saturated heterocycles. The molecule has 2 aromatic carbocycles. The van der Waals surface area contributed by atoms with Crippen LogP contribution >= 0.6 is 0 Å². The molecule has 0 aromatic heterocycles. The maximum Gasteiger partial charge on any atom is 0.161 e. The van der Waals surface area contributed by atoms with E-state index in [0.29, 0.717) is 22.6 Å². The fraction of sp³-hybridized carbons (Fsp3) is 0.100. The van der Waals surface area contributed by atoms with Gasteiger partial charge in [0.05, 0.1) is 25.4 Å². The fourth-order valence-corrected chi connectivity index (χ4v) is 2.25. The van der Waals surface area contributed by atoms with Gasteiger partial charge in [-0.05, 0) is 47.5 Å². The van der Waals surface area contributed by atoms with Crippen LogP contribution in [0.5, 0.6) is 23.0 Å². The molecule has 0 fully saturated rings. The Kier molecular flexibility index (Phi) is 5.87. The minimum absolute atomic E-state index is 0.118. The van der Waals surface area contributed by atoms with Crippen molar-refractivity contribution in [1.82, 2.24) is 0 Å². The van der Waals surface area contributed by atoms with Gasteiger partial charge in [-0.3, -0.25) is 0 Å². The minimum Gasteiger partial charge on any atom is -0.504 e. The van der Waals surface area contributed by atoms with Crippen molar-refractivity contribution in [1.29, 1.82) is 10.5 Å². The van der Waals surface area contributed by atoms with Gasteiger partial charge in [-0.15, -0.1) is 0 Å². The molecule has 0 aliphatic heterocycles. The van der Waals surface area contributed by atoms with E-state index in [4.69, 9.17) is 9.47 Å². The zero-order valence-corrected chi connectivity index (χ0v) is 14.2. The lowest BCUT2D eigenvalue weighted by molar-refractivity contribution is 0.355. The molecule has 2 rings (SSSR count). The van der Waals surface area contributed by atoms with E-state index in [1.165, 1.54) is 38.5 Å². The van der Waals surface area contributed by atoms with E-state index in [1.54, 1.807) is 24.3 Å². The van der Waals surface area contributed by atoms with Gasteiger partial charge >= 0.3 is 0 Å². The van der Waals surface area contributed by atoms with Crippen LogP contribution in [0, 0.1) is 22.7 Å². The number of hydrogen-bond acceptors (Lipinski definition) is 6. The number of phenols is 2. The highest BCUT2D eigenvalue weighted by Gasteiger charge is 2.08. The Morgan fingerprint density at radius 3 is 1.85 bits per heavy atom. The van der Waals surface area contributed by atoms with Crippen LogP contribution in [0.4, 0.5) is 0 Å². The molecule has 0 aliphatic rings. The van der Waals surface area contributed by atoms with Gasteiger partial charge in [-0.1, -0.05) is 12.1 Å². The summed E-state index contributed by atoms with van der Waals surface area (Å²) in [7, 11) is 3.03. The van der Waals surface area contributed by atoms with Crippen molar-refractivity contribution in [2.75, 3.05) is 14.2 Å². The molecule has 0 unspecified atom stereocenters. The quantitative estimate of drug-likeness (QED) is 0.485. The first-order valence-corrected chi connectivity index (χ1v) is 7.50. The van der Waals surface area contributed by atoms with Gasteiger partial charge in [0.15, 0.2) is 23.0 Å². The smallest absolute Gasteiger partial charge is 0.161 e. The third-order valence-electron chi connectivity index (χ3n) is 3.56. The van der Waals surface area contributed by atoms with Crippen LogP contribution in [-0.4, -0.2) is 24.4 Å². The highest BCUT2D eigenvalue weighted by atomic mass is 16.5. The SMILES string of the molecule is COc1ccc(/C=C(C#N)/C(C#N)=C/c2ccc(O)c(O)c2)cc1OC. The predicted molar refractivity (Wildman–Crippen MR) is 96.5 cm³/mol. The highest BCUT2D eigenvalue weighted by molar-refractivity contribution is 5.75. The maximum absolute atomic E-state index is 9.56. The van der Waals surface area contributed by atoms with Crippen LogP contribution in [0.3, 0.4) is 0 Å². The summed E-state index contributed by atoms with van der Waals surface area (Å²) in [5.41, 5.74) is 1.40. The van der Waals surface area contributed by atoms with E-state index in [2.05, 4.69) is 0 Å². The third-order valence-corrected chi connectivity index (χ3v) is 3.56. The maximum atomic E-state index is 9.56. The summed E-state index contributed by atoms with van der Waals surface area (Å²) < 4.78 is 10.4. The molecule has 0 heterocycles. The first-order chi connectivity index (χ1) is 12.5. The number of benzene rings is 2.